The van der Waals surface area contributed by atoms with Crippen LogP contribution in [0.15, 0.2) is 0 Å². The van der Waals surface area contributed by atoms with Crippen LogP contribution in [0.4, 0.5) is 0 Å². The molecule has 0 spiro atoms. The Morgan fingerprint density at radius 3 is 2.09 bits per heavy atom. The molecule has 0 aliphatic carbocycles. The van der Waals surface area contributed by atoms with Gasteiger partial charge in [0.15, 0.2) is 0 Å². The number of aliphatic hydroxyl groups excluding tert-OH is 2. The van der Waals surface area contributed by atoms with E-state index >= 15 is 0 Å². The highest BCUT2D eigenvalue weighted by molar-refractivity contribution is 4.65. The summed E-state index contributed by atoms with van der Waals surface area (Å²) in [6.45, 7) is 4.13. The van der Waals surface area contributed by atoms with Gasteiger partial charge in [-0.1, -0.05) is 27.7 Å². The molecule has 2 atom stereocenters. The molecule has 2 heteroatoms. The minimum Gasteiger partial charge on any atom is -0.396 e. The molecular formula is C9H22O2. The number of rotatable bonds is 5. The minimum absolute atomic E-state index is 0. The van der Waals surface area contributed by atoms with Crippen molar-refractivity contribution in [3.8, 4) is 0 Å². The maximum absolute atomic E-state index is 9.35. The number of aliphatic hydroxyl groups is 2. The Morgan fingerprint density at radius 1 is 1.27 bits per heavy atom. The summed E-state index contributed by atoms with van der Waals surface area (Å²) in [7, 11) is 0. The van der Waals surface area contributed by atoms with Crippen LogP contribution < -0.4 is 0 Å². The second-order valence-electron chi connectivity index (χ2n) is 2.71. The second-order valence-corrected chi connectivity index (χ2v) is 2.71. The summed E-state index contributed by atoms with van der Waals surface area (Å²) in [5, 5.41) is 18.1. The van der Waals surface area contributed by atoms with E-state index in [2.05, 4.69) is 0 Å². The Morgan fingerprint density at radius 2 is 1.82 bits per heavy atom. The lowest BCUT2D eigenvalue weighted by molar-refractivity contribution is 0.0584. The summed E-state index contributed by atoms with van der Waals surface area (Å²) in [4.78, 5) is 0. The van der Waals surface area contributed by atoms with Crippen LogP contribution in [0, 0.1) is 5.92 Å². The van der Waals surface area contributed by atoms with Crippen molar-refractivity contribution in [1.29, 1.82) is 0 Å². The average Bonchev–Trinajstić information content (AvgIpc) is 1.91. The highest BCUT2D eigenvalue weighted by Gasteiger charge is 2.14. The average molecular weight is 162 g/mol. The summed E-state index contributed by atoms with van der Waals surface area (Å²) in [5.41, 5.74) is 0. The third-order valence-corrected chi connectivity index (χ3v) is 1.89. The maximum atomic E-state index is 9.35. The molecule has 11 heavy (non-hydrogen) atoms. The molecule has 0 aromatic rings. The standard InChI is InChI=1S/C8H18O2.CH4/c1-3-5-8(10)7(4-2)6-9;/h7-10H,3-6H2,1-2H3;1H4. The molecule has 0 aliphatic heterocycles. The predicted molar refractivity (Wildman–Crippen MR) is 48.5 cm³/mol. The van der Waals surface area contributed by atoms with Crippen LogP contribution >= 0.6 is 0 Å². The molecule has 0 rings (SSSR count). The van der Waals surface area contributed by atoms with Crippen LogP contribution in [0.2, 0.25) is 0 Å². The first-order chi connectivity index (χ1) is 4.76. The van der Waals surface area contributed by atoms with Crippen molar-refractivity contribution in [2.45, 2.75) is 46.6 Å². The largest absolute Gasteiger partial charge is 0.396 e. The molecule has 0 bridgehead atoms. The van der Waals surface area contributed by atoms with Crippen LogP contribution in [0.3, 0.4) is 0 Å². The number of hydrogen-bond donors (Lipinski definition) is 2. The van der Waals surface area contributed by atoms with E-state index < -0.39 is 0 Å². The van der Waals surface area contributed by atoms with Crippen LogP contribution in [-0.4, -0.2) is 22.9 Å². The molecule has 0 heterocycles. The highest BCUT2D eigenvalue weighted by atomic mass is 16.3. The molecule has 0 aromatic heterocycles. The van der Waals surface area contributed by atoms with Gasteiger partial charge >= 0.3 is 0 Å². The van der Waals surface area contributed by atoms with E-state index in [-0.39, 0.29) is 26.1 Å². The smallest absolute Gasteiger partial charge is 0.0590 e. The molecule has 0 radical (unpaired) electrons. The summed E-state index contributed by atoms with van der Waals surface area (Å²) < 4.78 is 0. The van der Waals surface area contributed by atoms with Crippen LogP contribution in [0.25, 0.3) is 0 Å². The van der Waals surface area contributed by atoms with Crippen molar-refractivity contribution in [2.75, 3.05) is 6.61 Å². The van der Waals surface area contributed by atoms with Gasteiger partial charge in [0.25, 0.3) is 0 Å². The van der Waals surface area contributed by atoms with Gasteiger partial charge in [-0.05, 0) is 12.8 Å². The van der Waals surface area contributed by atoms with Crippen molar-refractivity contribution in [3.05, 3.63) is 0 Å². The summed E-state index contributed by atoms with van der Waals surface area (Å²) >= 11 is 0. The highest BCUT2D eigenvalue weighted by Crippen LogP contribution is 2.11. The first kappa shape index (κ1) is 13.5. The molecule has 0 saturated carbocycles. The summed E-state index contributed by atoms with van der Waals surface area (Å²) in [6, 6.07) is 0. The fourth-order valence-electron chi connectivity index (χ4n) is 1.05. The normalized spacial score (nSPS) is 15.3. The molecule has 70 valence electrons. The van der Waals surface area contributed by atoms with E-state index in [1.54, 1.807) is 0 Å². The lowest BCUT2D eigenvalue weighted by atomic mass is 9.97. The molecule has 0 amide bonds. The van der Waals surface area contributed by atoms with Crippen molar-refractivity contribution in [2.24, 2.45) is 5.92 Å². The van der Waals surface area contributed by atoms with Gasteiger partial charge in [-0.2, -0.15) is 0 Å². The van der Waals surface area contributed by atoms with Gasteiger partial charge in [-0.3, -0.25) is 0 Å². The minimum atomic E-state index is -0.306. The Balaban J connectivity index is 0. The zero-order valence-corrected chi connectivity index (χ0v) is 6.88. The van der Waals surface area contributed by atoms with Crippen LogP contribution in [0.5, 0.6) is 0 Å². The molecule has 2 N–H and O–H groups in total. The predicted octanol–water partition coefficient (Wildman–Crippen LogP) is 1.80. The van der Waals surface area contributed by atoms with Gasteiger partial charge in [-0.25, -0.2) is 0 Å². The Bertz CT molecular complexity index is 70.0. The van der Waals surface area contributed by atoms with E-state index in [1.165, 1.54) is 0 Å². The van der Waals surface area contributed by atoms with Gasteiger partial charge in [0.1, 0.15) is 0 Å². The van der Waals surface area contributed by atoms with Crippen molar-refractivity contribution < 1.29 is 10.2 Å². The van der Waals surface area contributed by atoms with Gasteiger partial charge in [0, 0.05) is 12.5 Å². The topological polar surface area (TPSA) is 40.5 Å². The van der Waals surface area contributed by atoms with Crippen LogP contribution in [0.1, 0.15) is 40.5 Å². The van der Waals surface area contributed by atoms with Crippen molar-refractivity contribution in [3.63, 3.8) is 0 Å². The Hall–Kier alpha value is -0.0800. The van der Waals surface area contributed by atoms with E-state index in [0.29, 0.717) is 0 Å². The lowest BCUT2D eigenvalue weighted by Crippen LogP contribution is -2.22. The van der Waals surface area contributed by atoms with Gasteiger partial charge in [-0.15, -0.1) is 0 Å². The van der Waals surface area contributed by atoms with Gasteiger partial charge in [0.2, 0.25) is 0 Å². The summed E-state index contributed by atoms with van der Waals surface area (Å²) in [6.07, 6.45) is 2.34. The third kappa shape index (κ3) is 5.22. The third-order valence-electron chi connectivity index (χ3n) is 1.89. The second kappa shape index (κ2) is 8.02. The Labute approximate surface area is 70.3 Å². The first-order valence-corrected chi connectivity index (χ1v) is 4.05. The first-order valence-electron chi connectivity index (χ1n) is 4.05. The molecule has 0 aliphatic rings. The molecule has 0 saturated heterocycles. The van der Waals surface area contributed by atoms with Crippen LogP contribution in [-0.2, 0) is 0 Å². The molecule has 2 unspecified atom stereocenters. The monoisotopic (exact) mass is 162 g/mol. The van der Waals surface area contributed by atoms with Gasteiger partial charge in [0.05, 0.1) is 6.10 Å². The van der Waals surface area contributed by atoms with Crippen molar-refractivity contribution in [1.82, 2.24) is 0 Å². The number of hydrogen-bond acceptors (Lipinski definition) is 2. The molecule has 2 nitrogen and oxygen atoms in total. The zero-order valence-electron chi connectivity index (χ0n) is 6.88. The van der Waals surface area contributed by atoms with Crippen molar-refractivity contribution >= 4 is 0 Å². The lowest BCUT2D eigenvalue weighted by Gasteiger charge is -2.17. The molecular weight excluding hydrogens is 140 g/mol. The fraction of sp³-hybridized carbons (Fsp3) is 1.00. The SMILES string of the molecule is C.CCCC(O)C(CC)CO. The molecule has 0 aromatic carbocycles. The quantitative estimate of drug-likeness (QED) is 0.647. The fourth-order valence-corrected chi connectivity index (χ4v) is 1.05. The van der Waals surface area contributed by atoms with Gasteiger partial charge < -0.3 is 10.2 Å². The Kier molecular flexibility index (Phi) is 9.85. The molecule has 0 fully saturated rings. The zero-order chi connectivity index (χ0) is 7.98. The maximum Gasteiger partial charge on any atom is 0.0590 e. The summed E-state index contributed by atoms with van der Waals surface area (Å²) in [5.74, 6) is 0.0833. The van der Waals surface area contributed by atoms with E-state index in [4.69, 9.17) is 5.11 Å². The van der Waals surface area contributed by atoms with E-state index in [0.717, 1.165) is 19.3 Å². The van der Waals surface area contributed by atoms with E-state index in [1.807, 2.05) is 13.8 Å². The van der Waals surface area contributed by atoms with E-state index in [9.17, 15) is 5.11 Å².